The minimum absolute atomic E-state index is 0.178. The lowest BCUT2D eigenvalue weighted by atomic mass is 10.1. The van der Waals surface area contributed by atoms with E-state index in [0.29, 0.717) is 28.2 Å². The molecule has 0 radical (unpaired) electrons. The molecule has 2 aromatic carbocycles. The largest absolute Gasteiger partial charge is 0.493 e. The second-order valence-electron chi connectivity index (χ2n) is 4.88. The minimum Gasteiger partial charge on any atom is -0.493 e. The minimum atomic E-state index is -0.507. The number of terminal acetylenes is 1. The first-order chi connectivity index (χ1) is 11.7. The Kier molecular flexibility index (Phi) is 4.17. The smallest absolute Gasteiger partial charge is 0.162 e. The van der Waals surface area contributed by atoms with Gasteiger partial charge in [-0.1, -0.05) is 12.0 Å². The summed E-state index contributed by atoms with van der Waals surface area (Å²) in [5.41, 5.74) is 1.05. The van der Waals surface area contributed by atoms with Crippen LogP contribution in [-0.2, 0) is 0 Å². The normalized spacial score (nSPS) is 10.2. The number of ether oxygens (including phenoxy) is 2. The second-order valence-corrected chi connectivity index (χ2v) is 4.88. The molecule has 0 amide bonds. The number of nitrogens with one attached hydrogen (secondary N) is 1. The summed E-state index contributed by atoms with van der Waals surface area (Å²) in [7, 11) is 3.08. The van der Waals surface area contributed by atoms with Gasteiger partial charge in [-0.2, -0.15) is 0 Å². The van der Waals surface area contributed by atoms with Gasteiger partial charge in [-0.3, -0.25) is 0 Å². The molecule has 0 saturated carbocycles. The van der Waals surface area contributed by atoms with E-state index >= 15 is 0 Å². The van der Waals surface area contributed by atoms with Gasteiger partial charge in [-0.15, -0.1) is 6.42 Å². The number of benzene rings is 2. The Morgan fingerprint density at radius 1 is 1.12 bits per heavy atom. The zero-order valence-electron chi connectivity index (χ0n) is 13.1. The van der Waals surface area contributed by atoms with Crippen LogP contribution < -0.4 is 14.8 Å². The van der Waals surface area contributed by atoms with Crippen molar-refractivity contribution in [2.75, 3.05) is 19.5 Å². The Hall–Kier alpha value is -3.33. The van der Waals surface area contributed by atoms with Crippen LogP contribution in [0.2, 0.25) is 0 Å². The molecule has 1 N–H and O–H groups in total. The van der Waals surface area contributed by atoms with Crippen LogP contribution >= 0.6 is 0 Å². The van der Waals surface area contributed by atoms with Crippen molar-refractivity contribution in [3.05, 3.63) is 48.0 Å². The van der Waals surface area contributed by atoms with Gasteiger partial charge in [-0.05, 0) is 18.2 Å². The molecular formula is C18H14FN3O2. The maximum atomic E-state index is 14.3. The lowest BCUT2D eigenvalue weighted by molar-refractivity contribution is 0.356. The number of anilines is 2. The van der Waals surface area contributed by atoms with Gasteiger partial charge in [0.05, 0.1) is 31.0 Å². The van der Waals surface area contributed by atoms with Crippen molar-refractivity contribution in [2.24, 2.45) is 0 Å². The molecular weight excluding hydrogens is 309 g/mol. The van der Waals surface area contributed by atoms with Crippen LogP contribution in [0.1, 0.15) is 5.56 Å². The van der Waals surface area contributed by atoms with Crippen LogP contribution in [0.15, 0.2) is 36.7 Å². The Morgan fingerprint density at radius 2 is 1.88 bits per heavy atom. The number of nitrogens with zero attached hydrogens (tertiary/aromatic N) is 2. The van der Waals surface area contributed by atoms with Crippen LogP contribution in [0.3, 0.4) is 0 Å². The first kappa shape index (κ1) is 15.6. The third-order valence-electron chi connectivity index (χ3n) is 3.55. The average molecular weight is 323 g/mol. The van der Waals surface area contributed by atoms with E-state index in [1.807, 2.05) is 0 Å². The number of aromatic nitrogens is 2. The van der Waals surface area contributed by atoms with E-state index in [1.54, 1.807) is 31.4 Å². The van der Waals surface area contributed by atoms with Crippen molar-refractivity contribution in [1.29, 1.82) is 0 Å². The van der Waals surface area contributed by atoms with E-state index in [2.05, 4.69) is 21.2 Å². The summed E-state index contributed by atoms with van der Waals surface area (Å²) < 4.78 is 24.9. The van der Waals surface area contributed by atoms with Gasteiger partial charge in [0, 0.05) is 11.5 Å². The Balaban J connectivity index is 2.12. The number of methoxy groups -OCH3 is 2. The molecule has 120 valence electrons. The fourth-order valence-electron chi connectivity index (χ4n) is 2.35. The Labute approximate surface area is 138 Å². The highest BCUT2D eigenvalue weighted by Crippen LogP contribution is 2.34. The van der Waals surface area contributed by atoms with E-state index in [-0.39, 0.29) is 11.3 Å². The first-order valence-corrected chi connectivity index (χ1v) is 7.06. The van der Waals surface area contributed by atoms with Crippen LogP contribution in [0.25, 0.3) is 10.9 Å². The summed E-state index contributed by atoms with van der Waals surface area (Å²) in [5, 5.41) is 3.63. The molecule has 0 spiro atoms. The van der Waals surface area contributed by atoms with Crippen molar-refractivity contribution in [2.45, 2.75) is 0 Å². The molecule has 0 atom stereocenters. The van der Waals surface area contributed by atoms with Gasteiger partial charge in [0.25, 0.3) is 0 Å². The number of rotatable bonds is 4. The Bertz CT molecular complexity index is 951. The van der Waals surface area contributed by atoms with Crippen LogP contribution in [0.4, 0.5) is 15.9 Å². The van der Waals surface area contributed by atoms with Gasteiger partial charge in [0.15, 0.2) is 17.3 Å². The number of hydrogen-bond acceptors (Lipinski definition) is 5. The highest BCUT2D eigenvalue weighted by atomic mass is 19.1. The quantitative estimate of drug-likeness (QED) is 0.745. The molecule has 0 aliphatic heterocycles. The van der Waals surface area contributed by atoms with Crippen LogP contribution in [0, 0.1) is 18.2 Å². The number of fused-ring (bicyclic) bond motifs is 1. The van der Waals surface area contributed by atoms with Gasteiger partial charge in [-0.25, -0.2) is 14.4 Å². The predicted octanol–water partition coefficient (Wildman–Crippen LogP) is 3.51. The summed E-state index contributed by atoms with van der Waals surface area (Å²) in [6, 6.07) is 8.26. The second kappa shape index (κ2) is 6.42. The molecule has 24 heavy (non-hydrogen) atoms. The molecule has 0 unspecified atom stereocenters. The van der Waals surface area contributed by atoms with E-state index in [4.69, 9.17) is 15.9 Å². The molecule has 0 aliphatic carbocycles. The maximum Gasteiger partial charge on any atom is 0.162 e. The van der Waals surface area contributed by atoms with Crippen LogP contribution in [-0.4, -0.2) is 24.2 Å². The third-order valence-corrected chi connectivity index (χ3v) is 3.55. The molecule has 5 nitrogen and oxygen atoms in total. The molecule has 0 aliphatic rings. The van der Waals surface area contributed by atoms with Gasteiger partial charge in [0.1, 0.15) is 12.1 Å². The van der Waals surface area contributed by atoms with Crippen molar-refractivity contribution in [1.82, 2.24) is 9.97 Å². The molecule has 6 heteroatoms. The zero-order valence-corrected chi connectivity index (χ0v) is 13.1. The molecule has 0 saturated heterocycles. The van der Waals surface area contributed by atoms with Crippen molar-refractivity contribution in [3.63, 3.8) is 0 Å². The molecule has 0 fully saturated rings. The predicted molar refractivity (Wildman–Crippen MR) is 90.3 cm³/mol. The molecule has 1 heterocycles. The first-order valence-electron chi connectivity index (χ1n) is 7.06. The maximum absolute atomic E-state index is 14.3. The molecule has 1 aromatic heterocycles. The monoisotopic (exact) mass is 323 g/mol. The summed E-state index contributed by atoms with van der Waals surface area (Å²) in [4.78, 5) is 8.40. The SMILES string of the molecule is C#Cc1cccc(Nc2ncnc3cc(OC)c(OC)cc23)c1F. The zero-order chi connectivity index (χ0) is 17.1. The van der Waals surface area contributed by atoms with Crippen molar-refractivity contribution >= 4 is 22.4 Å². The van der Waals surface area contributed by atoms with Crippen molar-refractivity contribution < 1.29 is 13.9 Å². The molecule has 3 rings (SSSR count). The molecule has 3 aromatic rings. The van der Waals surface area contributed by atoms with Gasteiger partial charge in [0.2, 0.25) is 0 Å². The summed E-state index contributed by atoms with van der Waals surface area (Å²) in [5.74, 6) is 3.32. The molecule has 0 bridgehead atoms. The topological polar surface area (TPSA) is 56.3 Å². The average Bonchev–Trinajstić information content (AvgIpc) is 2.62. The van der Waals surface area contributed by atoms with E-state index in [1.165, 1.54) is 19.5 Å². The van der Waals surface area contributed by atoms with Gasteiger partial charge < -0.3 is 14.8 Å². The third kappa shape index (κ3) is 2.68. The highest BCUT2D eigenvalue weighted by Gasteiger charge is 2.13. The number of hydrogen-bond donors (Lipinski definition) is 1. The lowest BCUT2D eigenvalue weighted by Gasteiger charge is -2.12. The van der Waals surface area contributed by atoms with E-state index < -0.39 is 5.82 Å². The standard InChI is InChI=1S/C18H14FN3O2/c1-4-11-6-5-7-13(17(11)19)22-18-12-8-15(23-2)16(24-3)9-14(12)20-10-21-18/h1,5-10H,2-3H3,(H,20,21,22). The van der Waals surface area contributed by atoms with E-state index in [0.717, 1.165) is 0 Å². The summed E-state index contributed by atoms with van der Waals surface area (Å²) >= 11 is 0. The van der Waals surface area contributed by atoms with Crippen molar-refractivity contribution in [3.8, 4) is 23.8 Å². The summed E-state index contributed by atoms with van der Waals surface area (Å²) in [6.45, 7) is 0. The summed E-state index contributed by atoms with van der Waals surface area (Å²) in [6.07, 6.45) is 6.69. The Morgan fingerprint density at radius 3 is 2.58 bits per heavy atom. The lowest BCUT2D eigenvalue weighted by Crippen LogP contribution is -2.00. The number of halogens is 1. The van der Waals surface area contributed by atoms with Gasteiger partial charge >= 0.3 is 0 Å². The highest BCUT2D eigenvalue weighted by molar-refractivity contribution is 5.93. The fourth-order valence-corrected chi connectivity index (χ4v) is 2.35. The van der Waals surface area contributed by atoms with E-state index in [9.17, 15) is 4.39 Å². The fraction of sp³-hybridized carbons (Fsp3) is 0.111. The van der Waals surface area contributed by atoms with Crippen LogP contribution in [0.5, 0.6) is 11.5 Å².